The lowest BCUT2D eigenvalue weighted by Gasteiger charge is -2.33. The molecule has 2 saturated carbocycles. The predicted octanol–water partition coefficient (Wildman–Crippen LogP) is 5.19. The maximum atomic E-state index is 16.2. The standard InChI is InChI=1S/C34H31ClF2N4O5/c1-17-24(35)12-19-11-20(13-25(27(19)40-17)46-22-7-8-22)30(42)39-15-34(44,33(37)9-10-33)26-14-23-29(45-16-32(23,2)31(38)43)28(41-26)18-3-5-21(36)6-4-18/h3-6,11-14,22,44H,7-10,15-16H2,1-2H3,(H2,38,43)(H,39,42)/t32-,34-/m0/s1. The third kappa shape index (κ3) is 5.02. The summed E-state index contributed by atoms with van der Waals surface area (Å²) in [6.45, 7) is 2.72. The van der Waals surface area contributed by atoms with Crippen LogP contribution in [-0.2, 0) is 15.8 Å². The molecule has 7 rings (SSSR count). The molecule has 4 N–H and O–H groups in total. The number of benzene rings is 2. The summed E-state index contributed by atoms with van der Waals surface area (Å²) in [4.78, 5) is 35.4. The van der Waals surface area contributed by atoms with Gasteiger partial charge in [0.05, 0.1) is 29.1 Å². The topological polar surface area (TPSA) is 137 Å². The molecule has 3 heterocycles. The van der Waals surface area contributed by atoms with Gasteiger partial charge in [-0.3, -0.25) is 9.59 Å². The smallest absolute Gasteiger partial charge is 0.251 e. The van der Waals surface area contributed by atoms with Crippen molar-refractivity contribution in [1.29, 1.82) is 0 Å². The van der Waals surface area contributed by atoms with Crippen LogP contribution in [-0.4, -0.2) is 51.8 Å². The number of aliphatic hydroxyl groups is 1. The number of nitrogens with one attached hydrogen (secondary N) is 1. The van der Waals surface area contributed by atoms with Crippen LogP contribution in [0.2, 0.25) is 5.02 Å². The Kier molecular flexibility index (Phi) is 6.98. The molecule has 0 unspecified atom stereocenters. The molecule has 12 heteroatoms. The molecule has 0 saturated heterocycles. The van der Waals surface area contributed by atoms with Gasteiger partial charge in [-0.1, -0.05) is 11.6 Å². The van der Waals surface area contributed by atoms with Gasteiger partial charge in [-0.25, -0.2) is 18.7 Å². The largest absolute Gasteiger partial charge is 0.489 e. The Morgan fingerprint density at radius 3 is 2.54 bits per heavy atom. The van der Waals surface area contributed by atoms with Gasteiger partial charge in [0.2, 0.25) is 5.91 Å². The zero-order valence-electron chi connectivity index (χ0n) is 25.1. The van der Waals surface area contributed by atoms with Crippen LogP contribution >= 0.6 is 11.6 Å². The van der Waals surface area contributed by atoms with E-state index in [1.165, 1.54) is 30.3 Å². The quantitative estimate of drug-likeness (QED) is 0.227. The molecule has 3 aliphatic rings. The highest BCUT2D eigenvalue weighted by molar-refractivity contribution is 6.31. The number of primary amides is 1. The van der Waals surface area contributed by atoms with Crippen LogP contribution in [0.4, 0.5) is 8.78 Å². The van der Waals surface area contributed by atoms with Crippen LogP contribution in [0.25, 0.3) is 22.2 Å². The molecule has 2 amide bonds. The normalized spacial score (nSPS) is 20.8. The van der Waals surface area contributed by atoms with Gasteiger partial charge in [-0.15, -0.1) is 0 Å². The monoisotopic (exact) mass is 648 g/mol. The lowest BCUT2D eigenvalue weighted by Crippen LogP contribution is -2.49. The number of rotatable bonds is 9. The van der Waals surface area contributed by atoms with Gasteiger partial charge in [0, 0.05) is 22.1 Å². The van der Waals surface area contributed by atoms with Gasteiger partial charge < -0.3 is 25.6 Å². The van der Waals surface area contributed by atoms with Gasteiger partial charge in [-0.2, -0.15) is 0 Å². The summed E-state index contributed by atoms with van der Waals surface area (Å²) >= 11 is 6.34. The van der Waals surface area contributed by atoms with E-state index >= 15 is 4.39 Å². The molecule has 2 aromatic carbocycles. The average molecular weight is 649 g/mol. The van der Waals surface area contributed by atoms with Crippen LogP contribution in [0, 0.1) is 12.7 Å². The van der Waals surface area contributed by atoms with E-state index in [1.54, 1.807) is 32.0 Å². The van der Waals surface area contributed by atoms with E-state index in [2.05, 4.69) is 15.3 Å². The van der Waals surface area contributed by atoms with Gasteiger partial charge in [0.15, 0.2) is 5.60 Å². The first kappa shape index (κ1) is 30.3. The Balaban J connectivity index is 1.28. The van der Waals surface area contributed by atoms with Crippen molar-refractivity contribution in [1.82, 2.24) is 15.3 Å². The number of aromatic nitrogens is 2. The molecular formula is C34H31ClF2N4O5. The highest BCUT2D eigenvalue weighted by Gasteiger charge is 2.62. The minimum absolute atomic E-state index is 0.0203. The summed E-state index contributed by atoms with van der Waals surface area (Å²) in [5.41, 5.74) is 2.23. The second kappa shape index (κ2) is 10.6. The van der Waals surface area contributed by atoms with Crippen molar-refractivity contribution in [3.63, 3.8) is 0 Å². The number of hydrogen-bond acceptors (Lipinski definition) is 7. The highest BCUT2D eigenvalue weighted by atomic mass is 35.5. The van der Waals surface area contributed by atoms with Crippen molar-refractivity contribution in [2.24, 2.45) is 5.73 Å². The number of nitrogens with zero attached hydrogens (tertiary/aromatic N) is 2. The number of alkyl halides is 1. The Labute approximate surface area is 268 Å². The molecule has 0 bridgehead atoms. The molecule has 238 valence electrons. The lowest BCUT2D eigenvalue weighted by molar-refractivity contribution is -0.123. The van der Waals surface area contributed by atoms with Crippen LogP contribution in [0.3, 0.4) is 0 Å². The predicted molar refractivity (Wildman–Crippen MR) is 166 cm³/mol. The first-order chi connectivity index (χ1) is 21.8. The number of carbonyl (C=O) groups is 2. The summed E-state index contributed by atoms with van der Waals surface area (Å²) in [5.74, 6) is -1.09. The van der Waals surface area contributed by atoms with Gasteiger partial charge in [0.1, 0.15) is 46.2 Å². The number of hydrogen-bond donors (Lipinski definition) is 3. The summed E-state index contributed by atoms with van der Waals surface area (Å²) < 4.78 is 42.0. The number of amides is 2. The summed E-state index contributed by atoms with van der Waals surface area (Å²) in [6.07, 6.45) is 1.86. The molecular weight excluding hydrogens is 618 g/mol. The van der Waals surface area contributed by atoms with E-state index in [0.29, 0.717) is 38.5 Å². The molecule has 46 heavy (non-hydrogen) atoms. The van der Waals surface area contributed by atoms with Crippen molar-refractivity contribution in [3.8, 4) is 22.8 Å². The van der Waals surface area contributed by atoms with Crippen LogP contribution in [0.1, 0.15) is 59.9 Å². The second-order valence-electron chi connectivity index (χ2n) is 12.7. The van der Waals surface area contributed by atoms with Crippen molar-refractivity contribution < 1.29 is 33.0 Å². The van der Waals surface area contributed by atoms with Gasteiger partial charge >= 0.3 is 0 Å². The summed E-state index contributed by atoms with van der Waals surface area (Å²) in [6, 6.07) is 11.7. The van der Waals surface area contributed by atoms with Crippen molar-refractivity contribution in [2.45, 2.75) is 62.3 Å². The minimum Gasteiger partial charge on any atom is -0.489 e. The van der Waals surface area contributed by atoms with Crippen LogP contribution < -0.4 is 20.5 Å². The number of carbonyl (C=O) groups excluding carboxylic acids is 2. The fourth-order valence-electron chi connectivity index (χ4n) is 5.82. The molecule has 2 aromatic heterocycles. The number of fused-ring (bicyclic) bond motifs is 2. The molecule has 1 aliphatic heterocycles. The molecule has 9 nitrogen and oxygen atoms in total. The van der Waals surface area contributed by atoms with Crippen molar-refractivity contribution in [2.75, 3.05) is 13.2 Å². The molecule has 0 radical (unpaired) electrons. The number of pyridine rings is 2. The molecule has 2 fully saturated rings. The Bertz CT molecular complexity index is 1930. The average Bonchev–Trinajstić information content (AvgIpc) is 3.96. The SMILES string of the molecule is Cc1nc2c(OC3CC3)cc(C(=O)NC[C@](O)(c3cc4c(c(-c5ccc(F)cc5)n3)OC[C@]4(C)C(N)=O)C3(F)CC3)cc2cc1Cl. The van der Waals surface area contributed by atoms with E-state index in [-0.39, 0.29) is 48.3 Å². The third-order valence-corrected chi connectivity index (χ3v) is 9.57. The van der Waals surface area contributed by atoms with Crippen LogP contribution in [0.5, 0.6) is 11.5 Å². The Morgan fingerprint density at radius 2 is 1.89 bits per heavy atom. The van der Waals surface area contributed by atoms with Crippen molar-refractivity contribution >= 4 is 34.3 Å². The molecule has 4 aromatic rings. The van der Waals surface area contributed by atoms with Gasteiger partial charge in [0.25, 0.3) is 5.91 Å². The van der Waals surface area contributed by atoms with E-state index < -0.39 is 40.9 Å². The number of halogens is 3. The second-order valence-corrected chi connectivity index (χ2v) is 13.1. The number of aryl methyl sites for hydroxylation is 1. The van der Waals surface area contributed by atoms with Crippen molar-refractivity contribution in [3.05, 3.63) is 81.9 Å². The van der Waals surface area contributed by atoms with Crippen LogP contribution in [0.15, 0.2) is 48.5 Å². The molecule has 2 atom stereocenters. The fourth-order valence-corrected chi connectivity index (χ4v) is 5.98. The van der Waals surface area contributed by atoms with E-state index in [0.717, 1.165) is 12.8 Å². The Hall–Kier alpha value is -4.35. The first-order valence-electron chi connectivity index (χ1n) is 15.0. The third-order valence-electron chi connectivity index (χ3n) is 9.18. The van der Waals surface area contributed by atoms with E-state index in [1.807, 2.05) is 0 Å². The van der Waals surface area contributed by atoms with E-state index in [9.17, 15) is 19.1 Å². The first-order valence-corrected chi connectivity index (χ1v) is 15.4. The minimum atomic E-state index is -2.31. The number of nitrogens with two attached hydrogens (primary N) is 1. The fraction of sp³-hybridized carbons (Fsp3) is 0.353. The maximum Gasteiger partial charge on any atom is 0.251 e. The van der Waals surface area contributed by atoms with Gasteiger partial charge in [-0.05, 0) is 88.1 Å². The lowest BCUT2D eigenvalue weighted by atomic mass is 9.80. The summed E-state index contributed by atoms with van der Waals surface area (Å²) in [5, 5.41) is 15.8. The zero-order valence-corrected chi connectivity index (χ0v) is 25.9. The zero-order chi connectivity index (χ0) is 32.6. The molecule has 0 spiro atoms. The van der Waals surface area contributed by atoms with E-state index in [4.69, 9.17) is 26.8 Å². The summed E-state index contributed by atoms with van der Waals surface area (Å²) in [7, 11) is 0. The molecule has 2 aliphatic carbocycles. The number of ether oxygens (including phenoxy) is 2. The Morgan fingerprint density at radius 1 is 1.17 bits per heavy atom. The maximum absolute atomic E-state index is 16.2. The highest BCUT2D eigenvalue weighted by Crippen LogP contribution is 2.55.